The first kappa shape index (κ1) is 17.9. The van der Waals surface area contributed by atoms with Gasteiger partial charge in [0.15, 0.2) is 5.82 Å². The molecule has 9 nitrogen and oxygen atoms in total. The number of nitrogens with two attached hydrogens (primary N) is 1. The first-order chi connectivity index (χ1) is 11.2. The molecule has 0 spiro atoms. The Kier molecular flexibility index (Phi) is 5.23. The van der Waals surface area contributed by atoms with E-state index in [1.54, 1.807) is 20.8 Å². The summed E-state index contributed by atoms with van der Waals surface area (Å²) in [6, 6.07) is -0.150. The second kappa shape index (κ2) is 7.00. The molecule has 3 N–H and O–H groups in total. The number of hydrogen-bond donors (Lipinski definition) is 2. The van der Waals surface area contributed by atoms with Crippen LogP contribution in [0.1, 0.15) is 37.0 Å². The van der Waals surface area contributed by atoms with Crippen LogP contribution in [0.15, 0.2) is 6.20 Å². The van der Waals surface area contributed by atoms with Crippen molar-refractivity contribution in [2.45, 2.75) is 39.0 Å². The standard InChI is InChI=1S/C15H23N5O4/c1-15(2,3)24-14(22)20-6-9(7-20)18-13(21)10-5-17-11(8-23-4)19-12(10)16/h5,9H,6-8H2,1-4H3,(H,18,21)(H2,16,17,19). The zero-order valence-electron chi connectivity index (χ0n) is 14.3. The van der Waals surface area contributed by atoms with E-state index in [-0.39, 0.29) is 36.0 Å². The predicted molar refractivity (Wildman–Crippen MR) is 86.2 cm³/mol. The molecule has 0 radical (unpaired) electrons. The van der Waals surface area contributed by atoms with E-state index in [4.69, 9.17) is 15.2 Å². The Morgan fingerprint density at radius 3 is 2.62 bits per heavy atom. The first-order valence-corrected chi connectivity index (χ1v) is 7.58. The monoisotopic (exact) mass is 337 g/mol. The van der Waals surface area contributed by atoms with Gasteiger partial charge in [-0.1, -0.05) is 0 Å². The van der Waals surface area contributed by atoms with Crippen LogP contribution in [0.3, 0.4) is 0 Å². The number of nitrogens with zero attached hydrogens (tertiary/aromatic N) is 3. The van der Waals surface area contributed by atoms with Crippen LogP contribution in [-0.2, 0) is 16.1 Å². The molecule has 0 atom stereocenters. The first-order valence-electron chi connectivity index (χ1n) is 7.58. The lowest BCUT2D eigenvalue weighted by Crippen LogP contribution is -2.61. The maximum absolute atomic E-state index is 12.2. The molecule has 0 aromatic carbocycles. The van der Waals surface area contributed by atoms with E-state index < -0.39 is 5.60 Å². The molecule has 1 aliphatic heterocycles. The molecular weight excluding hydrogens is 314 g/mol. The minimum atomic E-state index is -0.541. The molecule has 0 saturated carbocycles. The van der Waals surface area contributed by atoms with Gasteiger partial charge in [0.05, 0.1) is 11.6 Å². The summed E-state index contributed by atoms with van der Waals surface area (Å²) in [6.07, 6.45) is 0.982. The smallest absolute Gasteiger partial charge is 0.410 e. The Bertz CT molecular complexity index is 623. The third-order valence-electron chi connectivity index (χ3n) is 3.25. The van der Waals surface area contributed by atoms with Crippen molar-refractivity contribution >= 4 is 17.8 Å². The molecule has 2 heterocycles. The van der Waals surface area contributed by atoms with Gasteiger partial charge in [0.1, 0.15) is 18.0 Å². The second-order valence-corrected chi connectivity index (χ2v) is 6.57. The average Bonchev–Trinajstić information content (AvgIpc) is 2.40. The molecule has 0 aliphatic carbocycles. The molecule has 132 valence electrons. The second-order valence-electron chi connectivity index (χ2n) is 6.57. The fourth-order valence-corrected chi connectivity index (χ4v) is 2.12. The topological polar surface area (TPSA) is 120 Å². The minimum Gasteiger partial charge on any atom is -0.444 e. The van der Waals surface area contributed by atoms with Gasteiger partial charge in [0.2, 0.25) is 0 Å². The summed E-state index contributed by atoms with van der Waals surface area (Å²) in [5.41, 5.74) is 5.44. The molecule has 1 fully saturated rings. The van der Waals surface area contributed by atoms with Crippen LogP contribution < -0.4 is 11.1 Å². The van der Waals surface area contributed by atoms with E-state index >= 15 is 0 Å². The van der Waals surface area contributed by atoms with Gasteiger partial charge >= 0.3 is 6.09 Å². The van der Waals surface area contributed by atoms with E-state index in [0.29, 0.717) is 18.9 Å². The molecule has 1 saturated heterocycles. The van der Waals surface area contributed by atoms with E-state index in [2.05, 4.69) is 15.3 Å². The fourth-order valence-electron chi connectivity index (χ4n) is 2.12. The maximum Gasteiger partial charge on any atom is 0.410 e. The van der Waals surface area contributed by atoms with Crippen LogP contribution in [0.2, 0.25) is 0 Å². The Balaban J connectivity index is 1.86. The van der Waals surface area contributed by atoms with Gasteiger partial charge in [-0.25, -0.2) is 14.8 Å². The summed E-state index contributed by atoms with van der Waals surface area (Å²) in [6.45, 7) is 6.42. The number of likely N-dealkylation sites (tertiary alicyclic amines) is 1. The summed E-state index contributed by atoms with van der Waals surface area (Å²) in [5, 5.41) is 2.79. The van der Waals surface area contributed by atoms with Crippen LogP contribution in [0.5, 0.6) is 0 Å². The molecular formula is C15H23N5O4. The normalized spacial score (nSPS) is 14.9. The van der Waals surface area contributed by atoms with Crippen molar-refractivity contribution < 1.29 is 19.1 Å². The van der Waals surface area contributed by atoms with Crippen LogP contribution in [0.4, 0.5) is 10.6 Å². The zero-order valence-corrected chi connectivity index (χ0v) is 14.3. The summed E-state index contributed by atoms with van der Waals surface area (Å²) < 4.78 is 10.2. The van der Waals surface area contributed by atoms with Gasteiger partial charge in [-0.15, -0.1) is 0 Å². The zero-order chi connectivity index (χ0) is 17.9. The molecule has 1 aliphatic rings. The fraction of sp³-hybridized carbons (Fsp3) is 0.600. The van der Waals surface area contributed by atoms with Crippen LogP contribution >= 0.6 is 0 Å². The Morgan fingerprint density at radius 1 is 1.42 bits per heavy atom. The Labute approximate surface area is 140 Å². The van der Waals surface area contributed by atoms with Gasteiger partial charge in [-0.2, -0.15) is 0 Å². The molecule has 2 rings (SSSR count). The van der Waals surface area contributed by atoms with Crippen molar-refractivity contribution in [3.63, 3.8) is 0 Å². The predicted octanol–water partition coefficient (Wildman–Crippen LogP) is 0.554. The molecule has 9 heteroatoms. The maximum atomic E-state index is 12.2. The lowest BCUT2D eigenvalue weighted by Gasteiger charge is -2.39. The SMILES string of the molecule is COCc1ncc(C(=O)NC2CN(C(=O)OC(C)(C)C)C2)c(N)n1. The van der Waals surface area contributed by atoms with Crippen molar-refractivity contribution in [3.8, 4) is 0 Å². The van der Waals surface area contributed by atoms with E-state index in [0.717, 1.165) is 0 Å². The number of carbonyl (C=O) groups excluding carboxylic acids is 2. The quantitative estimate of drug-likeness (QED) is 0.823. The van der Waals surface area contributed by atoms with Crippen LogP contribution in [0, 0.1) is 0 Å². The van der Waals surface area contributed by atoms with Gasteiger partial charge in [0.25, 0.3) is 5.91 Å². The van der Waals surface area contributed by atoms with E-state index in [1.165, 1.54) is 18.2 Å². The number of amides is 2. The number of rotatable bonds is 4. The molecule has 1 aromatic rings. The number of carbonyl (C=O) groups is 2. The average molecular weight is 337 g/mol. The molecule has 0 bridgehead atoms. The van der Waals surface area contributed by atoms with Gasteiger partial charge in [-0.05, 0) is 20.8 Å². The van der Waals surface area contributed by atoms with Crippen molar-refractivity contribution in [1.82, 2.24) is 20.2 Å². The lowest BCUT2D eigenvalue weighted by atomic mass is 10.1. The molecule has 2 amide bonds. The minimum absolute atomic E-state index is 0.0953. The summed E-state index contributed by atoms with van der Waals surface area (Å²) in [5.74, 6) is 0.134. The lowest BCUT2D eigenvalue weighted by molar-refractivity contribution is 0.00533. The van der Waals surface area contributed by atoms with E-state index in [1.807, 2.05) is 0 Å². The van der Waals surface area contributed by atoms with Crippen molar-refractivity contribution in [2.75, 3.05) is 25.9 Å². The number of anilines is 1. The Hall–Kier alpha value is -2.42. The summed E-state index contributed by atoms with van der Waals surface area (Å²) in [7, 11) is 1.52. The summed E-state index contributed by atoms with van der Waals surface area (Å²) >= 11 is 0. The molecule has 0 unspecified atom stereocenters. The number of methoxy groups -OCH3 is 1. The van der Waals surface area contributed by atoms with Gasteiger partial charge in [0, 0.05) is 26.4 Å². The third kappa shape index (κ3) is 4.54. The number of nitrogen functional groups attached to an aromatic ring is 1. The molecule has 1 aromatic heterocycles. The van der Waals surface area contributed by atoms with Crippen molar-refractivity contribution in [2.24, 2.45) is 0 Å². The highest BCUT2D eigenvalue weighted by molar-refractivity contribution is 5.98. The highest BCUT2D eigenvalue weighted by atomic mass is 16.6. The number of ether oxygens (including phenoxy) is 2. The number of hydrogen-bond acceptors (Lipinski definition) is 7. The van der Waals surface area contributed by atoms with Crippen LogP contribution in [-0.4, -0.2) is 58.7 Å². The third-order valence-corrected chi connectivity index (χ3v) is 3.25. The number of aromatic nitrogens is 2. The highest BCUT2D eigenvalue weighted by Gasteiger charge is 2.34. The largest absolute Gasteiger partial charge is 0.444 e. The van der Waals surface area contributed by atoms with Crippen molar-refractivity contribution in [3.05, 3.63) is 17.6 Å². The molecule has 24 heavy (non-hydrogen) atoms. The summed E-state index contributed by atoms with van der Waals surface area (Å²) in [4.78, 5) is 33.6. The van der Waals surface area contributed by atoms with Gasteiger partial charge < -0.3 is 25.4 Å². The number of nitrogens with one attached hydrogen (secondary N) is 1. The highest BCUT2D eigenvalue weighted by Crippen LogP contribution is 2.16. The van der Waals surface area contributed by atoms with Gasteiger partial charge in [-0.3, -0.25) is 4.79 Å². The Morgan fingerprint density at radius 2 is 2.08 bits per heavy atom. The van der Waals surface area contributed by atoms with E-state index in [9.17, 15) is 9.59 Å². The van der Waals surface area contributed by atoms with Crippen molar-refractivity contribution in [1.29, 1.82) is 0 Å². The van der Waals surface area contributed by atoms with Crippen LogP contribution in [0.25, 0.3) is 0 Å².